The molecule has 1 aliphatic carbocycles. The van der Waals surface area contributed by atoms with Gasteiger partial charge in [0, 0.05) is 25.8 Å². The van der Waals surface area contributed by atoms with Crippen molar-refractivity contribution in [2.75, 3.05) is 20.3 Å². The van der Waals surface area contributed by atoms with Crippen molar-refractivity contribution in [3.05, 3.63) is 33.9 Å². The first-order valence-electron chi connectivity index (χ1n) is 6.32. The standard InChI is InChI=1S/C13H16N2O5/c1-20-7-6-14(9-2-3-9)13(17)11-8-10(16)4-5-12(11)15(18)19/h4-5,8-9,16H,2-3,6-7H2,1H3. The van der Waals surface area contributed by atoms with Crippen molar-refractivity contribution in [3.63, 3.8) is 0 Å². The lowest BCUT2D eigenvalue weighted by atomic mass is 10.1. The lowest BCUT2D eigenvalue weighted by Crippen LogP contribution is -2.36. The fourth-order valence-corrected chi connectivity index (χ4v) is 2.04. The molecule has 1 aromatic carbocycles. The summed E-state index contributed by atoms with van der Waals surface area (Å²) in [4.78, 5) is 24.4. The molecule has 1 aliphatic rings. The number of carbonyl (C=O) groups excluding carboxylic acids is 1. The lowest BCUT2D eigenvalue weighted by molar-refractivity contribution is -0.385. The van der Waals surface area contributed by atoms with Crippen molar-refractivity contribution in [1.82, 2.24) is 4.90 Å². The molecule has 20 heavy (non-hydrogen) atoms. The minimum Gasteiger partial charge on any atom is -0.508 e. The van der Waals surface area contributed by atoms with Gasteiger partial charge in [0.25, 0.3) is 11.6 Å². The number of nitrogens with zero attached hydrogens (tertiary/aromatic N) is 2. The van der Waals surface area contributed by atoms with Crippen LogP contribution in [0, 0.1) is 10.1 Å². The van der Waals surface area contributed by atoms with Crippen LogP contribution < -0.4 is 0 Å². The van der Waals surface area contributed by atoms with Gasteiger partial charge in [-0.2, -0.15) is 0 Å². The van der Waals surface area contributed by atoms with Crippen LogP contribution >= 0.6 is 0 Å². The molecule has 0 saturated heterocycles. The highest BCUT2D eigenvalue weighted by molar-refractivity contribution is 5.99. The molecule has 0 aromatic heterocycles. The number of phenols is 1. The number of amides is 1. The fourth-order valence-electron chi connectivity index (χ4n) is 2.04. The van der Waals surface area contributed by atoms with Gasteiger partial charge in [-0.25, -0.2) is 0 Å². The number of hydrogen-bond donors (Lipinski definition) is 1. The Kier molecular flexibility index (Phi) is 4.19. The Morgan fingerprint density at radius 2 is 2.25 bits per heavy atom. The number of hydrogen-bond acceptors (Lipinski definition) is 5. The topological polar surface area (TPSA) is 92.9 Å². The molecule has 0 aliphatic heterocycles. The molecule has 7 heteroatoms. The summed E-state index contributed by atoms with van der Waals surface area (Å²) in [5, 5.41) is 20.5. The molecule has 1 fully saturated rings. The summed E-state index contributed by atoms with van der Waals surface area (Å²) >= 11 is 0. The maximum absolute atomic E-state index is 12.5. The van der Waals surface area contributed by atoms with Gasteiger partial charge < -0.3 is 14.7 Å². The van der Waals surface area contributed by atoms with E-state index in [0.717, 1.165) is 25.0 Å². The van der Waals surface area contributed by atoms with E-state index in [-0.39, 0.29) is 23.0 Å². The number of ether oxygens (including phenoxy) is 1. The lowest BCUT2D eigenvalue weighted by Gasteiger charge is -2.22. The van der Waals surface area contributed by atoms with Gasteiger partial charge in [0.15, 0.2) is 0 Å². The number of aromatic hydroxyl groups is 1. The average molecular weight is 280 g/mol. The molecule has 0 unspecified atom stereocenters. The molecule has 0 atom stereocenters. The van der Waals surface area contributed by atoms with E-state index < -0.39 is 10.8 Å². The summed E-state index contributed by atoms with van der Waals surface area (Å²) in [7, 11) is 1.53. The van der Waals surface area contributed by atoms with Gasteiger partial charge in [-0.05, 0) is 25.0 Å². The maximum atomic E-state index is 12.5. The van der Waals surface area contributed by atoms with Crippen molar-refractivity contribution in [2.45, 2.75) is 18.9 Å². The number of benzene rings is 1. The van der Waals surface area contributed by atoms with Crippen LogP contribution in [0.2, 0.25) is 0 Å². The van der Waals surface area contributed by atoms with E-state index in [4.69, 9.17) is 4.74 Å². The van der Waals surface area contributed by atoms with Crippen molar-refractivity contribution in [2.24, 2.45) is 0 Å². The second kappa shape index (κ2) is 5.87. The third kappa shape index (κ3) is 3.05. The molecule has 1 aromatic rings. The van der Waals surface area contributed by atoms with E-state index in [0.29, 0.717) is 13.2 Å². The van der Waals surface area contributed by atoms with E-state index in [1.807, 2.05) is 0 Å². The minimum absolute atomic E-state index is 0.0852. The highest BCUT2D eigenvalue weighted by atomic mass is 16.6. The zero-order chi connectivity index (χ0) is 14.7. The Balaban J connectivity index is 2.30. The van der Waals surface area contributed by atoms with Gasteiger partial charge in [0.2, 0.25) is 0 Å². The molecule has 0 bridgehead atoms. The third-order valence-corrected chi connectivity index (χ3v) is 3.19. The second-order valence-electron chi connectivity index (χ2n) is 4.68. The van der Waals surface area contributed by atoms with Crippen LogP contribution in [-0.2, 0) is 4.74 Å². The third-order valence-electron chi connectivity index (χ3n) is 3.19. The first kappa shape index (κ1) is 14.3. The molecule has 2 rings (SSSR count). The smallest absolute Gasteiger partial charge is 0.282 e. The maximum Gasteiger partial charge on any atom is 0.282 e. The van der Waals surface area contributed by atoms with Gasteiger partial charge >= 0.3 is 0 Å². The van der Waals surface area contributed by atoms with Crippen molar-refractivity contribution < 1.29 is 19.6 Å². The zero-order valence-electron chi connectivity index (χ0n) is 11.1. The van der Waals surface area contributed by atoms with Crippen LogP contribution in [0.4, 0.5) is 5.69 Å². The van der Waals surface area contributed by atoms with Crippen LogP contribution in [0.25, 0.3) is 0 Å². The van der Waals surface area contributed by atoms with E-state index in [2.05, 4.69) is 0 Å². The van der Waals surface area contributed by atoms with E-state index in [1.165, 1.54) is 13.2 Å². The van der Waals surface area contributed by atoms with E-state index in [1.54, 1.807) is 4.90 Å². The Bertz CT molecular complexity index is 527. The highest BCUT2D eigenvalue weighted by Crippen LogP contribution is 2.31. The Morgan fingerprint density at radius 3 is 2.80 bits per heavy atom. The predicted octanol–water partition coefficient (Wildman–Crippen LogP) is 1.55. The van der Waals surface area contributed by atoms with Crippen LogP contribution in [0.1, 0.15) is 23.2 Å². The molecule has 7 nitrogen and oxygen atoms in total. The molecule has 0 radical (unpaired) electrons. The molecular weight excluding hydrogens is 264 g/mol. The number of carbonyl (C=O) groups is 1. The second-order valence-corrected chi connectivity index (χ2v) is 4.68. The van der Waals surface area contributed by atoms with Crippen LogP contribution in [0.15, 0.2) is 18.2 Å². The first-order valence-corrected chi connectivity index (χ1v) is 6.32. The molecule has 108 valence electrons. The van der Waals surface area contributed by atoms with E-state index >= 15 is 0 Å². The van der Waals surface area contributed by atoms with Crippen molar-refractivity contribution in [1.29, 1.82) is 0 Å². The van der Waals surface area contributed by atoms with Crippen LogP contribution in [0.3, 0.4) is 0 Å². The normalized spacial score (nSPS) is 14.1. The molecule has 0 spiro atoms. The number of nitro groups is 1. The number of nitro benzene ring substituents is 1. The SMILES string of the molecule is COCCN(C(=O)c1cc(O)ccc1[N+](=O)[O-])C1CC1. The molecule has 1 amide bonds. The minimum atomic E-state index is -0.617. The zero-order valence-corrected chi connectivity index (χ0v) is 11.1. The Hall–Kier alpha value is -2.15. The highest BCUT2D eigenvalue weighted by Gasteiger charge is 2.35. The van der Waals surface area contributed by atoms with E-state index in [9.17, 15) is 20.0 Å². The van der Waals surface area contributed by atoms with Crippen LogP contribution in [-0.4, -0.2) is 47.1 Å². The van der Waals surface area contributed by atoms with Gasteiger partial charge in [0.05, 0.1) is 11.5 Å². The average Bonchev–Trinajstić information content (AvgIpc) is 3.23. The number of rotatable bonds is 6. The summed E-state index contributed by atoms with van der Waals surface area (Å²) in [6.45, 7) is 0.752. The number of phenolic OH excluding ortho intramolecular Hbond substituents is 1. The Morgan fingerprint density at radius 1 is 1.55 bits per heavy atom. The summed E-state index contributed by atoms with van der Waals surface area (Å²) in [5.41, 5.74) is -0.381. The van der Waals surface area contributed by atoms with Crippen LogP contribution in [0.5, 0.6) is 5.75 Å². The molecule has 0 heterocycles. The molecule has 1 saturated carbocycles. The van der Waals surface area contributed by atoms with Gasteiger partial charge in [0.1, 0.15) is 11.3 Å². The van der Waals surface area contributed by atoms with Crippen molar-refractivity contribution in [3.8, 4) is 5.75 Å². The fraction of sp³-hybridized carbons (Fsp3) is 0.462. The summed E-state index contributed by atoms with van der Waals surface area (Å²) < 4.78 is 4.96. The predicted molar refractivity (Wildman–Crippen MR) is 70.7 cm³/mol. The largest absolute Gasteiger partial charge is 0.508 e. The first-order chi connectivity index (χ1) is 9.54. The molecule has 1 N–H and O–H groups in total. The Labute approximate surface area is 115 Å². The van der Waals surface area contributed by atoms with Crippen molar-refractivity contribution >= 4 is 11.6 Å². The molecular formula is C13H16N2O5. The van der Waals surface area contributed by atoms with Gasteiger partial charge in [-0.3, -0.25) is 14.9 Å². The van der Waals surface area contributed by atoms with Gasteiger partial charge in [-0.1, -0.05) is 0 Å². The summed E-state index contributed by atoms with van der Waals surface area (Å²) in [6.07, 6.45) is 1.78. The quantitative estimate of drug-likeness (QED) is 0.630. The summed E-state index contributed by atoms with van der Waals surface area (Å²) in [6, 6.07) is 3.60. The number of methoxy groups -OCH3 is 1. The van der Waals surface area contributed by atoms with Gasteiger partial charge in [-0.15, -0.1) is 0 Å². The monoisotopic (exact) mass is 280 g/mol. The summed E-state index contributed by atoms with van der Waals surface area (Å²) in [5.74, 6) is -0.603.